The molecule has 0 aromatic carbocycles. The lowest BCUT2D eigenvalue weighted by Gasteiger charge is -2.32. The summed E-state index contributed by atoms with van der Waals surface area (Å²) < 4.78 is 5.43. The number of aromatic nitrogens is 2. The molecule has 3 aromatic rings. The van der Waals surface area contributed by atoms with Gasteiger partial charge in [-0.2, -0.15) is 0 Å². The highest BCUT2D eigenvalue weighted by Crippen LogP contribution is 2.19. The molecule has 0 aliphatic carbocycles. The van der Waals surface area contributed by atoms with Gasteiger partial charge in [0.2, 0.25) is 0 Å². The number of hydrogen-bond donors (Lipinski definition) is 0. The number of amides is 1. The molecular formula is C20H20N4O2. The van der Waals surface area contributed by atoms with E-state index in [-0.39, 0.29) is 5.91 Å². The van der Waals surface area contributed by atoms with Crippen LogP contribution in [0.5, 0.6) is 0 Å². The third kappa shape index (κ3) is 3.59. The predicted octanol–water partition coefficient (Wildman–Crippen LogP) is 3.12. The van der Waals surface area contributed by atoms with E-state index in [4.69, 9.17) is 4.42 Å². The first-order valence-corrected chi connectivity index (χ1v) is 8.71. The molecular weight excluding hydrogens is 328 g/mol. The van der Waals surface area contributed by atoms with Gasteiger partial charge in [-0.1, -0.05) is 6.07 Å². The molecule has 0 spiro atoms. The third-order valence-electron chi connectivity index (χ3n) is 4.49. The standard InChI is InChI=1S/C20H20N4O2/c25-20(17-6-7-19(22-13-17)23-9-3-10-23)24(15-18-5-2-11-26-18)14-16-4-1-8-21-12-16/h1-2,4-8,11-13H,3,9-10,14-15H2. The molecule has 0 bridgehead atoms. The van der Waals surface area contributed by atoms with E-state index in [9.17, 15) is 4.79 Å². The Bertz CT molecular complexity index is 843. The number of carbonyl (C=O) groups excluding carboxylic acids is 1. The van der Waals surface area contributed by atoms with E-state index in [1.54, 1.807) is 29.8 Å². The highest BCUT2D eigenvalue weighted by atomic mass is 16.3. The van der Waals surface area contributed by atoms with Gasteiger partial charge in [0.25, 0.3) is 5.91 Å². The fraction of sp³-hybridized carbons (Fsp3) is 0.250. The summed E-state index contributed by atoms with van der Waals surface area (Å²) in [7, 11) is 0. The minimum Gasteiger partial charge on any atom is -0.467 e. The van der Waals surface area contributed by atoms with Crippen LogP contribution in [0.15, 0.2) is 65.7 Å². The molecule has 6 nitrogen and oxygen atoms in total. The first kappa shape index (κ1) is 16.3. The van der Waals surface area contributed by atoms with Crippen molar-refractivity contribution in [3.63, 3.8) is 0 Å². The molecule has 0 saturated carbocycles. The van der Waals surface area contributed by atoms with Crippen molar-refractivity contribution in [1.29, 1.82) is 0 Å². The summed E-state index contributed by atoms with van der Waals surface area (Å²) in [6.07, 6.45) is 7.97. The zero-order chi connectivity index (χ0) is 17.8. The number of nitrogens with zero attached hydrogens (tertiary/aromatic N) is 4. The molecule has 1 saturated heterocycles. The van der Waals surface area contributed by atoms with Crippen LogP contribution in [0, 0.1) is 0 Å². The number of rotatable bonds is 6. The summed E-state index contributed by atoms with van der Waals surface area (Å²) in [6.45, 7) is 2.92. The maximum atomic E-state index is 13.1. The van der Waals surface area contributed by atoms with Crippen molar-refractivity contribution in [2.24, 2.45) is 0 Å². The van der Waals surface area contributed by atoms with Gasteiger partial charge < -0.3 is 14.2 Å². The lowest BCUT2D eigenvalue weighted by molar-refractivity contribution is 0.0717. The van der Waals surface area contributed by atoms with Crippen molar-refractivity contribution in [2.45, 2.75) is 19.5 Å². The van der Waals surface area contributed by atoms with Crippen molar-refractivity contribution >= 4 is 11.7 Å². The molecule has 0 atom stereocenters. The number of pyridine rings is 2. The smallest absolute Gasteiger partial charge is 0.256 e. The first-order chi connectivity index (χ1) is 12.8. The molecule has 0 unspecified atom stereocenters. The molecule has 3 aromatic heterocycles. The van der Waals surface area contributed by atoms with Gasteiger partial charge in [0, 0.05) is 38.2 Å². The van der Waals surface area contributed by atoms with E-state index in [1.165, 1.54) is 6.42 Å². The van der Waals surface area contributed by atoms with Crippen molar-refractivity contribution in [3.05, 3.63) is 78.1 Å². The van der Waals surface area contributed by atoms with Crippen LogP contribution in [0.4, 0.5) is 5.82 Å². The fourth-order valence-electron chi connectivity index (χ4n) is 2.93. The van der Waals surface area contributed by atoms with Crippen LogP contribution in [-0.2, 0) is 13.1 Å². The molecule has 4 rings (SSSR count). The Kier molecular flexibility index (Phi) is 4.64. The van der Waals surface area contributed by atoms with Gasteiger partial charge in [-0.25, -0.2) is 4.98 Å². The summed E-state index contributed by atoms with van der Waals surface area (Å²) in [5.74, 6) is 1.60. The second-order valence-corrected chi connectivity index (χ2v) is 6.35. The van der Waals surface area contributed by atoms with Gasteiger partial charge in [-0.15, -0.1) is 0 Å². The van der Waals surface area contributed by atoms with Crippen molar-refractivity contribution in [2.75, 3.05) is 18.0 Å². The monoisotopic (exact) mass is 348 g/mol. The Morgan fingerprint density at radius 1 is 1.12 bits per heavy atom. The maximum absolute atomic E-state index is 13.1. The minimum atomic E-state index is -0.0760. The molecule has 6 heteroatoms. The summed E-state index contributed by atoms with van der Waals surface area (Å²) in [6, 6.07) is 11.3. The minimum absolute atomic E-state index is 0.0760. The number of hydrogen-bond acceptors (Lipinski definition) is 5. The summed E-state index contributed by atoms with van der Waals surface area (Å²) in [4.78, 5) is 25.6. The zero-order valence-electron chi connectivity index (χ0n) is 14.4. The van der Waals surface area contributed by atoms with Crippen LogP contribution in [0.3, 0.4) is 0 Å². The van der Waals surface area contributed by atoms with Gasteiger partial charge in [0.05, 0.1) is 18.4 Å². The number of furan rings is 1. The van der Waals surface area contributed by atoms with Crippen LogP contribution >= 0.6 is 0 Å². The SMILES string of the molecule is O=C(c1ccc(N2CCC2)nc1)N(Cc1cccnc1)Cc1ccco1. The summed E-state index contributed by atoms with van der Waals surface area (Å²) >= 11 is 0. The second kappa shape index (κ2) is 7.39. The number of anilines is 1. The topological polar surface area (TPSA) is 62.5 Å². The molecule has 1 aliphatic heterocycles. The average Bonchev–Trinajstić information content (AvgIpc) is 3.14. The lowest BCUT2D eigenvalue weighted by atomic mass is 10.2. The molecule has 26 heavy (non-hydrogen) atoms. The Morgan fingerprint density at radius 3 is 2.65 bits per heavy atom. The normalized spacial score (nSPS) is 13.3. The van der Waals surface area contributed by atoms with Crippen LogP contribution in [0.25, 0.3) is 0 Å². The van der Waals surface area contributed by atoms with E-state index in [0.717, 1.165) is 30.2 Å². The van der Waals surface area contributed by atoms with Gasteiger partial charge >= 0.3 is 0 Å². The Labute approximate surface area is 152 Å². The second-order valence-electron chi connectivity index (χ2n) is 6.35. The predicted molar refractivity (Wildman–Crippen MR) is 97.6 cm³/mol. The third-order valence-corrected chi connectivity index (χ3v) is 4.49. The van der Waals surface area contributed by atoms with Gasteiger partial charge in [-0.3, -0.25) is 9.78 Å². The molecule has 132 valence electrons. The van der Waals surface area contributed by atoms with E-state index in [2.05, 4.69) is 14.9 Å². The lowest BCUT2D eigenvalue weighted by Crippen LogP contribution is -2.37. The van der Waals surface area contributed by atoms with Crippen molar-refractivity contribution in [3.8, 4) is 0 Å². The molecule has 4 heterocycles. The van der Waals surface area contributed by atoms with Crippen LogP contribution in [-0.4, -0.2) is 33.9 Å². The van der Waals surface area contributed by atoms with Crippen LogP contribution < -0.4 is 4.90 Å². The van der Waals surface area contributed by atoms with E-state index in [1.807, 2.05) is 36.4 Å². The zero-order valence-corrected chi connectivity index (χ0v) is 14.4. The first-order valence-electron chi connectivity index (χ1n) is 8.71. The molecule has 1 amide bonds. The van der Waals surface area contributed by atoms with Crippen LogP contribution in [0.1, 0.15) is 28.1 Å². The molecule has 1 aliphatic rings. The van der Waals surface area contributed by atoms with Gasteiger partial charge in [-0.05, 0) is 42.3 Å². The highest BCUT2D eigenvalue weighted by Gasteiger charge is 2.20. The van der Waals surface area contributed by atoms with Gasteiger partial charge in [0.15, 0.2) is 0 Å². The highest BCUT2D eigenvalue weighted by molar-refractivity contribution is 5.94. The van der Waals surface area contributed by atoms with Crippen molar-refractivity contribution < 1.29 is 9.21 Å². The maximum Gasteiger partial charge on any atom is 0.256 e. The molecule has 0 radical (unpaired) electrons. The Balaban J connectivity index is 1.54. The quantitative estimate of drug-likeness (QED) is 0.685. The van der Waals surface area contributed by atoms with E-state index >= 15 is 0 Å². The van der Waals surface area contributed by atoms with E-state index < -0.39 is 0 Å². The largest absolute Gasteiger partial charge is 0.467 e. The molecule has 1 fully saturated rings. The Morgan fingerprint density at radius 2 is 2.04 bits per heavy atom. The number of carbonyl (C=O) groups is 1. The fourth-order valence-corrected chi connectivity index (χ4v) is 2.93. The van der Waals surface area contributed by atoms with Crippen molar-refractivity contribution in [1.82, 2.24) is 14.9 Å². The van der Waals surface area contributed by atoms with Gasteiger partial charge in [0.1, 0.15) is 11.6 Å². The molecule has 0 N–H and O–H groups in total. The average molecular weight is 348 g/mol. The van der Waals surface area contributed by atoms with Crippen LogP contribution in [0.2, 0.25) is 0 Å². The Hall–Kier alpha value is -3.15. The van der Waals surface area contributed by atoms with E-state index in [0.29, 0.717) is 18.7 Å². The summed E-state index contributed by atoms with van der Waals surface area (Å²) in [5, 5.41) is 0. The summed E-state index contributed by atoms with van der Waals surface area (Å²) in [5.41, 5.74) is 1.54.